The van der Waals surface area contributed by atoms with Crippen LogP contribution >= 0.6 is 0 Å². The highest BCUT2D eigenvalue weighted by Crippen LogP contribution is 2.36. The number of aromatic nitrogens is 4. The number of halogens is 6. The molecule has 16 heteroatoms. The van der Waals surface area contributed by atoms with Crippen LogP contribution in [0.3, 0.4) is 0 Å². The van der Waals surface area contributed by atoms with Gasteiger partial charge in [-0.1, -0.05) is 6.07 Å². The first kappa shape index (κ1) is 32.5. The molecule has 10 nitrogen and oxygen atoms in total. The standard InChI is InChI=1S/C30H31F6N9O/c1-17-5-6-21(13-23(17)41-27-9-18(2)42-45(27)26-14-25(37-3)38-16-39-26)40-28(46)19-10-20(29(31,32)33)12-22(11-19)44-8-7-43(4)24(15-44)30(34,35)36/h5-6,9-14,16,24,41H,7-8,15H2,1-4H3,(H,40,46)(H,37,38,39). The lowest BCUT2D eigenvalue weighted by atomic mass is 10.0. The lowest BCUT2D eigenvalue weighted by Gasteiger charge is -2.41. The van der Waals surface area contributed by atoms with Crippen LogP contribution in [0, 0.1) is 13.8 Å². The topological polar surface area (TPSA) is 103 Å². The van der Waals surface area contributed by atoms with Gasteiger partial charge in [0.25, 0.3) is 5.91 Å². The second-order valence-corrected chi connectivity index (χ2v) is 11.0. The Morgan fingerprint density at radius 2 is 1.72 bits per heavy atom. The first-order valence-corrected chi connectivity index (χ1v) is 14.1. The fraction of sp³-hybridized carbons (Fsp3) is 0.333. The van der Waals surface area contributed by atoms with Crippen molar-refractivity contribution in [3.63, 3.8) is 0 Å². The molecular formula is C30H31F6N9O. The zero-order valence-corrected chi connectivity index (χ0v) is 25.3. The minimum Gasteiger partial charge on any atom is -0.373 e. The Hall–Kier alpha value is -4.86. The van der Waals surface area contributed by atoms with E-state index in [1.165, 1.54) is 24.3 Å². The smallest absolute Gasteiger partial charge is 0.373 e. The van der Waals surface area contributed by atoms with Crippen molar-refractivity contribution < 1.29 is 31.1 Å². The summed E-state index contributed by atoms with van der Waals surface area (Å²) >= 11 is 0. The van der Waals surface area contributed by atoms with Crippen LogP contribution in [0.15, 0.2) is 54.9 Å². The van der Waals surface area contributed by atoms with Crippen molar-refractivity contribution in [2.75, 3.05) is 54.6 Å². The van der Waals surface area contributed by atoms with E-state index in [4.69, 9.17) is 0 Å². The number of piperazine rings is 1. The van der Waals surface area contributed by atoms with Gasteiger partial charge >= 0.3 is 12.4 Å². The van der Waals surface area contributed by atoms with E-state index in [2.05, 4.69) is 31.0 Å². The van der Waals surface area contributed by atoms with Gasteiger partial charge in [-0.2, -0.15) is 36.1 Å². The first-order chi connectivity index (χ1) is 21.6. The number of hydrogen-bond donors (Lipinski definition) is 3. The summed E-state index contributed by atoms with van der Waals surface area (Å²) < 4.78 is 84.0. The molecule has 0 saturated carbocycles. The van der Waals surface area contributed by atoms with Crippen LogP contribution in [0.25, 0.3) is 5.82 Å². The Balaban J connectivity index is 1.42. The predicted molar refractivity (Wildman–Crippen MR) is 162 cm³/mol. The van der Waals surface area contributed by atoms with E-state index in [9.17, 15) is 31.1 Å². The van der Waals surface area contributed by atoms with Crippen molar-refractivity contribution in [3.8, 4) is 5.82 Å². The third-order valence-electron chi connectivity index (χ3n) is 7.61. The minimum atomic E-state index is -4.83. The molecule has 2 aromatic carbocycles. The van der Waals surface area contributed by atoms with Gasteiger partial charge in [-0.3, -0.25) is 9.69 Å². The average Bonchev–Trinajstić information content (AvgIpc) is 3.37. The molecule has 46 heavy (non-hydrogen) atoms. The molecule has 4 aromatic rings. The molecule has 1 saturated heterocycles. The number of rotatable bonds is 7. The molecule has 0 spiro atoms. The van der Waals surface area contributed by atoms with Gasteiger partial charge in [0.05, 0.1) is 11.3 Å². The monoisotopic (exact) mass is 647 g/mol. The molecule has 1 aliphatic rings. The molecule has 0 radical (unpaired) electrons. The van der Waals surface area contributed by atoms with Crippen molar-refractivity contribution in [1.29, 1.82) is 0 Å². The van der Waals surface area contributed by atoms with Crippen LogP contribution in [-0.2, 0) is 6.18 Å². The van der Waals surface area contributed by atoms with E-state index in [1.807, 2.05) is 6.92 Å². The van der Waals surface area contributed by atoms with Gasteiger partial charge in [-0.05, 0) is 56.8 Å². The highest BCUT2D eigenvalue weighted by atomic mass is 19.4. The molecule has 0 aliphatic carbocycles. The Kier molecular flexibility index (Phi) is 8.84. The zero-order chi connectivity index (χ0) is 33.4. The summed E-state index contributed by atoms with van der Waals surface area (Å²) in [4.78, 5) is 24.1. The summed E-state index contributed by atoms with van der Waals surface area (Å²) in [5.41, 5.74) is 0.717. The number of nitrogens with zero attached hydrogens (tertiary/aromatic N) is 6. The second kappa shape index (κ2) is 12.5. The van der Waals surface area contributed by atoms with Crippen molar-refractivity contribution in [1.82, 2.24) is 24.6 Å². The van der Waals surface area contributed by atoms with Crippen LogP contribution in [0.1, 0.15) is 27.2 Å². The molecule has 3 heterocycles. The van der Waals surface area contributed by atoms with Crippen LogP contribution < -0.4 is 20.9 Å². The Labute approximate surface area is 260 Å². The third kappa shape index (κ3) is 7.17. The molecular weight excluding hydrogens is 616 g/mol. The molecule has 1 aliphatic heterocycles. The maximum Gasteiger partial charge on any atom is 0.416 e. The summed E-state index contributed by atoms with van der Waals surface area (Å²) in [6.45, 7) is 3.10. The lowest BCUT2D eigenvalue weighted by Crippen LogP contribution is -2.57. The first-order valence-electron chi connectivity index (χ1n) is 14.1. The maximum atomic E-state index is 13.9. The number of benzene rings is 2. The molecule has 244 valence electrons. The lowest BCUT2D eigenvalue weighted by molar-refractivity contribution is -0.180. The van der Waals surface area contributed by atoms with Gasteiger partial charge in [0.2, 0.25) is 0 Å². The number of alkyl halides is 6. The largest absolute Gasteiger partial charge is 0.416 e. The van der Waals surface area contributed by atoms with E-state index < -0.39 is 36.4 Å². The second-order valence-electron chi connectivity index (χ2n) is 11.0. The Morgan fingerprint density at radius 3 is 2.41 bits per heavy atom. The summed E-state index contributed by atoms with van der Waals surface area (Å²) in [6, 6.07) is 9.18. The molecule has 5 rings (SSSR count). The summed E-state index contributed by atoms with van der Waals surface area (Å²) in [5, 5.41) is 13.3. The number of carbonyl (C=O) groups excluding carboxylic acids is 1. The number of anilines is 5. The number of likely N-dealkylation sites (N-methyl/N-ethyl adjacent to an activating group) is 1. The number of amides is 1. The van der Waals surface area contributed by atoms with Crippen LogP contribution in [0.2, 0.25) is 0 Å². The fourth-order valence-electron chi connectivity index (χ4n) is 5.09. The van der Waals surface area contributed by atoms with E-state index >= 15 is 0 Å². The van der Waals surface area contributed by atoms with Crippen molar-refractivity contribution >= 4 is 34.6 Å². The van der Waals surface area contributed by atoms with Gasteiger partial charge in [0.1, 0.15) is 24.0 Å². The van der Waals surface area contributed by atoms with E-state index in [-0.39, 0.29) is 30.0 Å². The quantitative estimate of drug-likeness (QED) is 0.210. The molecule has 1 amide bonds. The Bertz CT molecular complexity index is 1740. The molecule has 1 atom stereocenters. The van der Waals surface area contributed by atoms with Gasteiger partial charge in [0.15, 0.2) is 5.82 Å². The zero-order valence-electron chi connectivity index (χ0n) is 25.3. The number of nitrogens with one attached hydrogen (secondary N) is 3. The van der Waals surface area contributed by atoms with Crippen LogP contribution in [0.5, 0.6) is 0 Å². The molecule has 2 aromatic heterocycles. The Morgan fingerprint density at radius 1 is 0.957 bits per heavy atom. The summed E-state index contributed by atoms with van der Waals surface area (Å²) in [5.74, 6) is 0.761. The van der Waals surface area contributed by atoms with Crippen LogP contribution in [0.4, 0.5) is 55.0 Å². The van der Waals surface area contributed by atoms with E-state index in [0.29, 0.717) is 34.9 Å². The average molecular weight is 648 g/mol. The number of carbonyl (C=O) groups is 1. The normalized spacial score (nSPS) is 16.0. The molecule has 1 unspecified atom stereocenters. The van der Waals surface area contributed by atoms with Gasteiger partial charge < -0.3 is 20.9 Å². The number of hydrogen-bond acceptors (Lipinski definition) is 8. The predicted octanol–water partition coefficient (Wildman–Crippen LogP) is 6.02. The summed E-state index contributed by atoms with van der Waals surface area (Å²) in [7, 11) is 3.04. The molecule has 1 fully saturated rings. The third-order valence-corrected chi connectivity index (χ3v) is 7.61. The van der Waals surface area contributed by atoms with E-state index in [1.54, 1.807) is 49.0 Å². The van der Waals surface area contributed by atoms with E-state index in [0.717, 1.165) is 16.5 Å². The highest BCUT2D eigenvalue weighted by molar-refractivity contribution is 6.05. The number of aryl methyl sites for hydroxylation is 2. The highest BCUT2D eigenvalue weighted by Gasteiger charge is 2.45. The van der Waals surface area contributed by atoms with Crippen molar-refractivity contribution in [3.05, 3.63) is 77.2 Å². The van der Waals surface area contributed by atoms with Crippen LogP contribution in [-0.4, -0.2) is 76.5 Å². The fourth-order valence-corrected chi connectivity index (χ4v) is 5.09. The van der Waals surface area contributed by atoms with Gasteiger partial charge in [-0.25, -0.2) is 9.97 Å². The van der Waals surface area contributed by atoms with Gasteiger partial charge in [0, 0.05) is 61.4 Å². The maximum absolute atomic E-state index is 13.9. The summed E-state index contributed by atoms with van der Waals surface area (Å²) in [6.07, 6.45) is -8.02. The van der Waals surface area contributed by atoms with Gasteiger partial charge in [-0.15, -0.1) is 0 Å². The van der Waals surface area contributed by atoms with Crippen molar-refractivity contribution in [2.45, 2.75) is 32.2 Å². The molecule has 0 bridgehead atoms. The van der Waals surface area contributed by atoms with Crippen molar-refractivity contribution in [2.24, 2.45) is 0 Å². The SMILES string of the molecule is CNc1cc(-n2nc(C)cc2Nc2cc(NC(=O)c3cc(N4CCN(C)C(C(F)(F)F)C4)cc(C(F)(F)F)c3)ccc2C)ncn1. The minimum absolute atomic E-state index is 0.0204. The molecule has 3 N–H and O–H groups in total.